The number of hydrogen-bond donors (Lipinski definition) is 1. The Hall–Kier alpha value is -2.59. The number of ether oxygens (including phenoxy) is 1. The highest BCUT2D eigenvalue weighted by Gasteiger charge is 2.45. The molecule has 8 nitrogen and oxygen atoms in total. The lowest BCUT2D eigenvalue weighted by atomic mass is 9.95. The number of nitrogens with zero attached hydrogens (tertiary/aromatic N) is 6. The van der Waals surface area contributed by atoms with Crippen LogP contribution >= 0.6 is 11.6 Å². The van der Waals surface area contributed by atoms with E-state index < -0.39 is 23.3 Å². The molecule has 4 heterocycles. The summed E-state index contributed by atoms with van der Waals surface area (Å²) in [5.74, 6) is -0.332. The van der Waals surface area contributed by atoms with Gasteiger partial charge in [0.25, 0.3) is 0 Å². The van der Waals surface area contributed by atoms with Gasteiger partial charge in [-0.25, -0.2) is 9.37 Å². The SMILES string of the molecule is [2H]C([2H])(N1CCN(Cc2ccccc2)CC1)C1(COc2nc(N3CCC[C@@](C)(O)C3)c3cnc(Cl)c(F)c3n2)CC1. The average Bonchev–Trinajstić information content (AvgIpc) is 3.76. The molecule has 3 aromatic rings. The summed E-state index contributed by atoms with van der Waals surface area (Å²) >= 11 is 5.98. The first-order chi connectivity index (χ1) is 19.6. The third-order valence-electron chi connectivity index (χ3n) is 7.92. The van der Waals surface area contributed by atoms with Crippen LogP contribution in [0.1, 0.15) is 40.9 Å². The summed E-state index contributed by atoms with van der Waals surface area (Å²) in [4.78, 5) is 19.1. The molecule has 3 fully saturated rings. The van der Waals surface area contributed by atoms with E-state index in [-0.39, 0.29) is 23.3 Å². The molecule has 3 aliphatic rings. The fourth-order valence-corrected chi connectivity index (χ4v) is 5.68. The number of anilines is 1. The summed E-state index contributed by atoms with van der Waals surface area (Å²) in [6, 6.07) is 10.3. The van der Waals surface area contributed by atoms with Gasteiger partial charge in [0.1, 0.15) is 11.3 Å². The van der Waals surface area contributed by atoms with Crippen molar-refractivity contribution in [3.63, 3.8) is 0 Å². The van der Waals surface area contributed by atoms with Gasteiger partial charge in [0, 0.05) is 66.7 Å². The number of piperazine rings is 1. The van der Waals surface area contributed by atoms with E-state index in [4.69, 9.17) is 19.1 Å². The lowest BCUT2D eigenvalue weighted by Crippen LogP contribution is -2.48. The quantitative estimate of drug-likeness (QED) is 0.415. The first-order valence-corrected chi connectivity index (χ1v) is 14.1. The molecular formula is C29H36ClFN6O2. The minimum Gasteiger partial charge on any atom is -0.463 e. The number of halogens is 2. The van der Waals surface area contributed by atoms with Gasteiger partial charge in [0.05, 0.1) is 17.6 Å². The van der Waals surface area contributed by atoms with Crippen molar-refractivity contribution in [2.75, 3.05) is 57.3 Å². The Morgan fingerprint density at radius 3 is 2.54 bits per heavy atom. The van der Waals surface area contributed by atoms with Gasteiger partial charge >= 0.3 is 6.01 Å². The predicted octanol–water partition coefficient (Wildman–Crippen LogP) is 4.15. The van der Waals surface area contributed by atoms with Gasteiger partial charge in [0.2, 0.25) is 0 Å². The number of hydrogen-bond acceptors (Lipinski definition) is 8. The molecule has 0 bridgehead atoms. The molecule has 2 saturated heterocycles. The Balaban J connectivity index is 1.18. The molecule has 0 spiro atoms. The maximum atomic E-state index is 15.1. The van der Waals surface area contributed by atoms with Crippen molar-refractivity contribution in [2.45, 2.75) is 44.8 Å². The van der Waals surface area contributed by atoms with Gasteiger partial charge in [-0.2, -0.15) is 9.97 Å². The molecule has 1 N–H and O–H groups in total. The van der Waals surface area contributed by atoms with Gasteiger partial charge in [-0.05, 0) is 38.2 Å². The minimum atomic E-state index is -1.57. The zero-order valence-electron chi connectivity index (χ0n) is 24.2. The van der Waals surface area contributed by atoms with Crippen molar-refractivity contribution in [3.05, 3.63) is 53.1 Å². The van der Waals surface area contributed by atoms with Crippen molar-refractivity contribution >= 4 is 28.3 Å². The van der Waals surface area contributed by atoms with E-state index in [2.05, 4.69) is 32.0 Å². The van der Waals surface area contributed by atoms with Crippen molar-refractivity contribution < 1.29 is 17.0 Å². The van der Waals surface area contributed by atoms with E-state index in [1.807, 2.05) is 28.0 Å². The highest BCUT2D eigenvalue weighted by atomic mass is 35.5. The predicted molar refractivity (Wildman–Crippen MR) is 150 cm³/mol. The van der Waals surface area contributed by atoms with Crippen molar-refractivity contribution in [3.8, 4) is 6.01 Å². The molecule has 0 amide bonds. The smallest absolute Gasteiger partial charge is 0.319 e. The molecule has 2 aromatic heterocycles. The Bertz CT molecular complexity index is 1400. The summed E-state index contributed by atoms with van der Waals surface area (Å²) in [6.07, 6.45) is 4.22. The highest BCUT2D eigenvalue weighted by molar-refractivity contribution is 6.30. The first kappa shape index (κ1) is 24.2. The van der Waals surface area contributed by atoms with E-state index >= 15 is 4.39 Å². The Labute approximate surface area is 236 Å². The Morgan fingerprint density at radius 1 is 1.08 bits per heavy atom. The zero-order valence-corrected chi connectivity index (χ0v) is 23.0. The summed E-state index contributed by atoms with van der Waals surface area (Å²) < 4.78 is 39.4. The van der Waals surface area contributed by atoms with E-state index in [1.165, 1.54) is 11.8 Å². The Morgan fingerprint density at radius 2 is 1.82 bits per heavy atom. The fourth-order valence-electron chi connectivity index (χ4n) is 5.54. The number of benzene rings is 1. The van der Waals surface area contributed by atoms with Crippen LogP contribution in [0.3, 0.4) is 0 Å². The standard InChI is InChI=1S/C29H36ClFN6O2/c1-28(38)8-5-11-37(18-28)26-22-16-32-25(30)23(31)24(22)33-27(34-26)39-20-29(9-10-29)19-36-14-12-35(13-15-36)17-21-6-3-2-4-7-21/h2-4,6-7,16,38H,5,8-15,17-20H2,1H3/t28-/m1/s1/i19D2. The van der Waals surface area contributed by atoms with Crippen molar-refractivity contribution in [1.29, 1.82) is 0 Å². The van der Waals surface area contributed by atoms with Crippen molar-refractivity contribution in [2.24, 2.45) is 5.41 Å². The van der Waals surface area contributed by atoms with Crippen LogP contribution in [-0.4, -0.2) is 87.8 Å². The average molecular weight is 557 g/mol. The van der Waals surface area contributed by atoms with E-state index in [9.17, 15) is 5.11 Å². The van der Waals surface area contributed by atoms with Gasteiger partial charge in [0.15, 0.2) is 11.0 Å². The topological polar surface area (TPSA) is 77.9 Å². The molecule has 1 aliphatic carbocycles. The second kappa shape index (κ2) is 10.8. The molecule has 10 heteroatoms. The fraction of sp³-hybridized carbons (Fsp3) is 0.552. The number of β-amino-alcohol motifs (C(OH)–C–C–N with tert-alkyl or cyclic N) is 1. The molecule has 2 aliphatic heterocycles. The summed E-state index contributed by atoms with van der Waals surface area (Å²) in [5.41, 5.74) is -0.352. The third-order valence-corrected chi connectivity index (χ3v) is 8.19. The van der Waals surface area contributed by atoms with Crippen molar-refractivity contribution in [1.82, 2.24) is 24.8 Å². The Kier molecular flexibility index (Phi) is 6.69. The molecule has 208 valence electrons. The highest BCUT2D eigenvalue weighted by Crippen LogP contribution is 2.46. The monoisotopic (exact) mass is 556 g/mol. The maximum Gasteiger partial charge on any atom is 0.319 e. The van der Waals surface area contributed by atoms with E-state index in [0.717, 1.165) is 26.1 Å². The minimum absolute atomic E-state index is 0.00221. The normalized spacial score (nSPS) is 24.9. The largest absolute Gasteiger partial charge is 0.463 e. The number of piperidine rings is 1. The molecule has 39 heavy (non-hydrogen) atoms. The molecule has 0 unspecified atom stereocenters. The van der Waals surface area contributed by atoms with Gasteiger partial charge < -0.3 is 19.6 Å². The van der Waals surface area contributed by atoms with Crippen LogP contribution in [0.4, 0.5) is 10.2 Å². The lowest BCUT2D eigenvalue weighted by molar-refractivity contribution is 0.0447. The number of pyridine rings is 1. The summed E-state index contributed by atoms with van der Waals surface area (Å²) in [6.45, 7) is 4.93. The second-order valence-electron chi connectivity index (χ2n) is 11.4. The summed E-state index contributed by atoms with van der Waals surface area (Å²) in [7, 11) is 0. The number of aliphatic hydroxyl groups is 1. The van der Waals surface area contributed by atoms with Crippen LogP contribution in [-0.2, 0) is 6.54 Å². The van der Waals surface area contributed by atoms with E-state index in [0.29, 0.717) is 56.6 Å². The second-order valence-corrected chi connectivity index (χ2v) is 11.8. The van der Waals surface area contributed by atoms with Crippen LogP contribution in [0.15, 0.2) is 36.5 Å². The van der Waals surface area contributed by atoms with E-state index in [1.54, 1.807) is 6.92 Å². The van der Waals surface area contributed by atoms with Crippen LogP contribution in [0.5, 0.6) is 6.01 Å². The number of fused-ring (bicyclic) bond motifs is 1. The van der Waals surface area contributed by atoms with Gasteiger partial charge in [-0.15, -0.1) is 0 Å². The molecular weight excluding hydrogens is 519 g/mol. The number of aromatic nitrogens is 3. The summed E-state index contributed by atoms with van der Waals surface area (Å²) in [5, 5.41) is 10.8. The van der Waals surface area contributed by atoms with Gasteiger partial charge in [-0.3, -0.25) is 4.90 Å². The molecule has 0 radical (unpaired) electrons. The van der Waals surface area contributed by atoms with Crippen LogP contribution in [0.25, 0.3) is 10.9 Å². The van der Waals surface area contributed by atoms with Crippen LogP contribution in [0.2, 0.25) is 5.15 Å². The van der Waals surface area contributed by atoms with Crippen LogP contribution < -0.4 is 9.64 Å². The number of rotatable bonds is 8. The maximum absolute atomic E-state index is 15.1. The lowest BCUT2D eigenvalue weighted by Gasteiger charge is -2.38. The first-order valence-electron chi connectivity index (χ1n) is 14.7. The molecule has 6 rings (SSSR count). The zero-order chi connectivity index (χ0) is 28.8. The van der Waals surface area contributed by atoms with Gasteiger partial charge in [-0.1, -0.05) is 41.9 Å². The third kappa shape index (κ3) is 6.11. The van der Waals surface area contributed by atoms with Crippen LogP contribution in [0, 0.1) is 11.2 Å². The molecule has 1 saturated carbocycles. The molecule has 1 aromatic carbocycles. The molecule has 1 atom stereocenters.